The van der Waals surface area contributed by atoms with E-state index in [-0.39, 0.29) is 5.91 Å². The lowest BCUT2D eigenvalue weighted by molar-refractivity contribution is 0.0790. The molecule has 0 aliphatic carbocycles. The number of benzene rings is 2. The molecule has 0 saturated heterocycles. The fraction of sp³-hybridized carbons (Fsp3) is 0.0952. The Kier molecular flexibility index (Phi) is 5.23. The summed E-state index contributed by atoms with van der Waals surface area (Å²) < 4.78 is 1.84. The highest BCUT2D eigenvalue weighted by molar-refractivity contribution is 7.11. The predicted molar refractivity (Wildman–Crippen MR) is 112 cm³/mol. The predicted octanol–water partition coefficient (Wildman–Crippen LogP) is 4.92. The minimum Gasteiger partial charge on any atom is -0.336 e. The van der Waals surface area contributed by atoms with Crippen LogP contribution in [0.1, 0.15) is 15.2 Å². The van der Waals surface area contributed by atoms with Crippen LogP contribution in [0.15, 0.2) is 72.5 Å². The summed E-state index contributed by atoms with van der Waals surface area (Å²) in [5.74, 6) is -0.0583. The fourth-order valence-electron chi connectivity index (χ4n) is 2.93. The van der Waals surface area contributed by atoms with Crippen molar-refractivity contribution in [3.8, 4) is 16.9 Å². The second kappa shape index (κ2) is 7.96. The van der Waals surface area contributed by atoms with E-state index in [1.165, 1.54) is 11.3 Å². The molecule has 0 unspecified atom stereocenters. The van der Waals surface area contributed by atoms with Crippen LogP contribution in [0.3, 0.4) is 0 Å². The van der Waals surface area contributed by atoms with Gasteiger partial charge in [0, 0.05) is 35.9 Å². The first-order chi connectivity index (χ1) is 13.6. The minimum atomic E-state index is -0.0583. The van der Waals surface area contributed by atoms with Crippen molar-refractivity contribution in [2.45, 2.75) is 6.54 Å². The Balaban J connectivity index is 1.71. The highest BCUT2D eigenvalue weighted by Crippen LogP contribution is 2.26. The van der Waals surface area contributed by atoms with E-state index in [4.69, 9.17) is 16.7 Å². The summed E-state index contributed by atoms with van der Waals surface area (Å²) in [6, 6.07) is 17.5. The van der Waals surface area contributed by atoms with Crippen molar-refractivity contribution in [3.05, 3.63) is 88.0 Å². The summed E-state index contributed by atoms with van der Waals surface area (Å²) in [5, 5.41) is 5.45. The number of hydrogen-bond acceptors (Lipinski definition) is 4. The highest BCUT2D eigenvalue weighted by atomic mass is 35.5. The molecule has 0 atom stereocenters. The zero-order chi connectivity index (χ0) is 19.5. The van der Waals surface area contributed by atoms with Gasteiger partial charge in [-0.3, -0.25) is 9.78 Å². The summed E-state index contributed by atoms with van der Waals surface area (Å²) in [6.07, 6.45) is 3.56. The molecular weight excluding hydrogens is 392 g/mol. The Labute approximate surface area is 171 Å². The number of amides is 1. The molecule has 0 bridgehead atoms. The molecule has 1 amide bonds. The number of para-hydroxylation sites is 1. The largest absolute Gasteiger partial charge is 0.336 e. The average Bonchev–Trinajstić information content (AvgIpc) is 3.39. The number of aromatic nitrogens is 3. The van der Waals surface area contributed by atoms with Gasteiger partial charge >= 0.3 is 0 Å². The minimum absolute atomic E-state index is 0.0583. The van der Waals surface area contributed by atoms with E-state index < -0.39 is 0 Å². The molecule has 0 aliphatic rings. The molecule has 2 heterocycles. The summed E-state index contributed by atoms with van der Waals surface area (Å²) in [6.45, 7) is 0.432. The zero-order valence-electron chi connectivity index (χ0n) is 15.1. The van der Waals surface area contributed by atoms with Crippen LogP contribution in [-0.4, -0.2) is 32.6 Å². The summed E-state index contributed by atoms with van der Waals surface area (Å²) in [5.41, 5.74) is 5.34. The third kappa shape index (κ3) is 3.83. The van der Waals surface area contributed by atoms with E-state index in [0.29, 0.717) is 16.4 Å². The second-order valence-electron chi connectivity index (χ2n) is 6.32. The smallest absolute Gasteiger partial charge is 0.265 e. The molecule has 0 N–H and O–H groups in total. The molecular formula is C21H17ClN4OS. The van der Waals surface area contributed by atoms with Crippen molar-refractivity contribution in [3.63, 3.8) is 0 Å². The topological polar surface area (TPSA) is 51.0 Å². The van der Waals surface area contributed by atoms with Crippen LogP contribution < -0.4 is 0 Å². The van der Waals surface area contributed by atoms with Crippen molar-refractivity contribution in [2.75, 3.05) is 7.05 Å². The molecule has 0 aliphatic heterocycles. The first kappa shape index (κ1) is 18.4. The van der Waals surface area contributed by atoms with Crippen LogP contribution in [0.4, 0.5) is 0 Å². The van der Waals surface area contributed by atoms with Gasteiger partial charge in [0.05, 0.1) is 23.1 Å². The molecule has 140 valence electrons. The van der Waals surface area contributed by atoms with Crippen LogP contribution >= 0.6 is 22.9 Å². The molecule has 0 radical (unpaired) electrons. The van der Waals surface area contributed by atoms with E-state index in [2.05, 4.69) is 4.98 Å². The molecule has 4 rings (SSSR count). The van der Waals surface area contributed by atoms with Gasteiger partial charge in [-0.05, 0) is 24.3 Å². The third-order valence-corrected chi connectivity index (χ3v) is 5.34. The van der Waals surface area contributed by atoms with Crippen molar-refractivity contribution in [2.24, 2.45) is 0 Å². The number of halogens is 1. The quantitative estimate of drug-likeness (QED) is 0.471. The maximum absolute atomic E-state index is 12.6. The third-order valence-electron chi connectivity index (χ3n) is 4.33. The first-order valence-electron chi connectivity index (χ1n) is 8.65. The van der Waals surface area contributed by atoms with Gasteiger partial charge in [-0.25, -0.2) is 4.68 Å². The van der Waals surface area contributed by atoms with Crippen LogP contribution in [-0.2, 0) is 6.54 Å². The van der Waals surface area contributed by atoms with Gasteiger partial charge in [0.15, 0.2) is 0 Å². The molecule has 7 heteroatoms. The van der Waals surface area contributed by atoms with Gasteiger partial charge in [-0.1, -0.05) is 41.9 Å². The SMILES string of the molecule is CN(Cc1cn(-c2ccccc2)nc1-c1ccc(Cl)cc1)C(=O)c1cncs1. The van der Waals surface area contributed by atoms with Crippen molar-refractivity contribution < 1.29 is 4.79 Å². The molecule has 28 heavy (non-hydrogen) atoms. The van der Waals surface area contributed by atoms with Crippen LogP contribution in [0.2, 0.25) is 5.02 Å². The Morgan fingerprint density at radius 3 is 2.57 bits per heavy atom. The molecule has 2 aromatic heterocycles. The standard InChI is InChI=1S/C21H17ClN4OS/c1-25(21(27)19-11-23-14-28-19)12-16-13-26(18-5-3-2-4-6-18)24-20(16)15-7-9-17(22)10-8-15/h2-11,13-14H,12H2,1H3. The van der Waals surface area contributed by atoms with Crippen molar-refractivity contribution in [1.29, 1.82) is 0 Å². The molecule has 0 spiro atoms. The maximum Gasteiger partial charge on any atom is 0.265 e. The van der Waals surface area contributed by atoms with Gasteiger partial charge in [0.25, 0.3) is 5.91 Å². The van der Waals surface area contributed by atoms with E-state index in [1.54, 1.807) is 23.7 Å². The highest BCUT2D eigenvalue weighted by Gasteiger charge is 2.18. The lowest BCUT2D eigenvalue weighted by atomic mass is 10.1. The molecule has 4 aromatic rings. The van der Waals surface area contributed by atoms with E-state index >= 15 is 0 Å². The Bertz CT molecular complexity index is 1080. The Hall–Kier alpha value is -2.96. The van der Waals surface area contributed by atoms with Gasteiger partial charge in [0.1, 0.15) is 4.88 Å². The molecule has 0 fully saturated rings. The summed E-state index contributed by atoms with van der Waals surface area (Å²) in [4.78, 5) is 18.9. The Morgan fingerprint density at radius 2 is 1.89 bits per heavy atom. The van der Waals surface area contributed by atoms with E-state index in [1.807, 2.05) is 65.5 Å². The maximum atomic E-state index is 12.6. The number of carbonyl (C=O) groups excluding carboxylic acids is 1. The number of rotatable bonds is 5. The van der Waals surface area contributed by atoms with Gasteiger partial charge < -0.3 is 4.90 Å². The van der Waals surface area contributed by atoms with Crippen molar-refractivity contribution in [1.82, 2.24) is 19.7 Å². The number of hydrogen-bond donors (Lipinski definition) is 0. The summed E-state index contributed by atoms with van der Waals surface area (Å²) >= 11 is 7.38. The van der Waals surface area contributed by atoms with Crippen LogP contribution in [0, 0.1) is 0 Å². The fourth-order valence-corrected chi connectivity index (χ4v) is 3.67. The van der Waals surface area contributed by atoms with Gasteiger partial charge in [-0.15, -0.1) is 11.3 Å². The van der Waals surface area contributed by atoms with Gasteiger partial charge in [-0.2, -0.15) is 5.10 Å². The van der Waals surface area contributed by atoms with E-state index in [9.17, 15) is 4.79 Å². The average molecular weight is 409 g/mol. The molecule has 5 nitrogen and oxygen atoms in total. The van der Waals surface area contributed by atoms with Crippen LogP contribution in [0.5, 0.6) is 0 Å². The van der Waals surface area contributed by atoms with Crippen molar-refractivity contribution >= 4 is 28.8 Å². The lowest BCUT2D eigenvalue weighted by Gasteiger charge is -2.16. The Morgan fingerprint density at radius 1 is 1.14 bits per heavy atom. The number of carbonyl (C=O) groups is 1. The molecule has 2 aromatic carbocycles. The summed E-state index contributed by atoms with van der Waals surface area (Å²) in [7, 11) is 1.79. The number of nitrogens with zero attached hydrogens (tertiary/aromatic N) is 4. The molecule has 0 saturated carbocycles. The number of thiazole rings is 1. The monoisotopic (exact) mass is 408 g/mol. The van der Waals surface area contributed by atoms with Crippen LogP contribution in [0.25, 0.3) is 16.9 Å². The second-order valence-corrected chi connectivity index (χ2v) is 7.64. The van der Waals surface area contributed by atoms with E-state index in [0.717, 1.165) is 22.5 Å². The zero-order valence-corrected chi connectivity index (χ0v) is 16.7. The first-order valence-corrected chi connectivity index (χ1v) is 9.91. The lowest BCUT2D eigenvalue weighted by Crippen LogP contribution is -2.25. The van der Waals surface area contributed by atoms with Gasteiger partial charge in [0.2, 0.25) is 0 Å². The normalized spacial score (nSPS) is 10.8.